The fourth-order valence-corrected chi connectivity index (χ4v) is 3.61. The van der Waals surface area contributed by atoms with Crippen LogP contribution in [-0.2, 0) is 4.74 Å². The van der Waals surface area contributed by atoms with Gasteiger partial charge in [-0.25, -0.2) is 0 Å². The Labute approximate surface area is 147 Å². The number of fused-ring (bicyclic) bond motifs is 1. The van der Waals surface area contributed by atoms with E-state index in [2.05, 4.69) is 16.5 Å². The highest BCUT2D eigenvalue weighted by atomic mass is 32.2. The summed E-state index contributed by atoms with van der Waals surface area (Å²) in [6.07, 6.45) is -3.97. The lowest BCUT2D eigenvalue weighted by molar-refractivity contribution is -0.0205. The molecule has 6 N–H and O–H groups in total. The smallest absolute Gasteiger partial charge is 0.234 e. The van der Waals surface area contributed by atoms with E-state index in [1.54, 1.807) is 0 Å². The van der Waals surface area contributed by atoms with Crippen molar-refractivity contribution in [1.29, 1.82) is 0 Å². The second-order valence-corrected chi connectivity index (χ2v) is 6.64. The molecule has 2 aliphatic heterocycles. The number of aliphatic hydroxyl groups excluding tert-OH is 4. The summed E-state index contributed by atoms with van der Waals surface area (Å²) >= 11 is 1.22. The van der Waals surface area contributed by atoms with Gasteiger partial charge in [-0.3, -0.25) is 4.90 Å². The van der Waals surface area contributed by atoms with E-state index in [0.29, 0.717) is 22.2 Å². The zero-order valence-corrected chi connectivity index (χ0v) is 14.1. The highest BCUT2D eigenvalue weighted by molar-refractivity contribution is 8.03. The third kappa shape index (κ3) is 3.26. The van der Waals surface area contributed by atoms with Crippen LogP contribution in [0.2, 0.25) is 0 Å². The van der Waals surface area contributed by atoms with Gasteiger partial charge < -0.3 is 35.6 Å². The van der Waals surface area contributed by atoms with Crippen molar-refractivity contribution in [2.75, 3.05) is 30.5 Å². The van der Waals surface area contributed by atoms with Crippen LogP contribution in [-0.4, -0.2) is 74.8 Å². The molecular weight excluding hydrogens is 352 g/mol. The minimum absolute atomic E-state index is 0.0166. The van der Waals surface area contributed by atoms with Crippen molar-refractivity contribution in [3.63, 3.8) is 0 Å². The van der Waals surface area contributed by atoms with E-state index in [1.807, 2.05) is 0 Å². The zero-order chi connectivity index (χ0) is 18.1. The van der Waals surface area contributed by atoms with Gasteiger partial charge in [0.15, 0.2) is 12.0 Å². The van der Waals surface area contributed by atoms with Gasteiger partial charge in [-0.1, -0.05) is 18.3 Å². The average molecular weight is 372 g/mol. The summed E-state index contributed by atoms with van der Waals surface area (Å²) in [6, 6.07) is 0. The van der Waals surface area contributed by atoms with Gasteiger partial charge in [-0.15, -0.1) is 0 Å². The Balaban J connectivity index is 1.91. The number of anilines is 2. The number of thioether (sulfide) groups is 1. The predicted molar refractivity (Wildman–Crippen MR) is 88.9 cm³/mol. The third-order valence-electron chi connectivity index (χ3n) is 3.86. The molecule has 3 heterocycles. The van der Waals surface area contributed by atoms with Gasteiger partial charge >= 0.3 is 0 Å². The quantitative estimate of drug-likeness (QED) is 0.376. The average Bonchev–Trinajstić information content (AvgIpc) is 3.05. The first-order valence-electron chi connectivity index (χ1n) is 7.67. The summed E-state index contributed by atoms with van der Waals surface area (Å²) in [5.74, 6) is 0.553. The van der Waals surface area contributed by atoms with Crippen molar-refractivity contribution in [2.45, 2.75) is 35.9 Å². The zero-order valence-electron chi connectivity index (χ0n) is 13.3. The number of ether oxygens (including phenoxy) is 2. The summed E-state index contributed by atoms with van der Waals surface area (Å²) in [5.41, 5.74) is 5.75. The monoisotopic (exact) mass is 372 g/mol. The number of nitrogen functional groups attached to an aromatic ring is 1. The molecule has 0 unspecified atom stereocenters. The van der Waals surface area contributed by atoms with Crippen molar-refractivity contribution in [1.82, 2.24) is 9.97 Å². The van der Waals surface area contributed by atoms with Crippen LogP contribution in [0.5, 0.6) is 5.88 Å². The van der Waals surface area contributed by atoms with Crippen molar-refractivity contribution in [3.8, 4) is 5.88 Å². The van der Waals surface area contributed by atoms with Crippen LogP contribution >= 0.6 is 11.8 Å². The Bertz CT molecular complexity index is 662. The van der Waals surface area contributed by atoms with Crippen LogP contribution in [0.3, 0.4) is 0 Å². The molecule has 10 nitrogen and oxygen atoms in total. The Morgan fingerprint density at radius 1 is 1.28 bits per heavy atom. The molecule has 0 radical (unpaired) electrons. The van der Waals surface area contributed by atoms with Gasteiger partial charge in [0.2, 0.25) is 11.8 Å². The molecular formula is C14H20N4O6S. The molecule has 1 aromatic rings. The van der Waals surface area contributed by atoms with Crippen LogP contribution in [0.15, 0.2) is 16.5 Å². The van der Waals surface area contributed by atoms with E-state index in [-0.39, 0.29) is 25.0 Å². The Morgan fingerprint density at radius 3 is 2.68 bits per heavy atom. The Morgan fingerprint density at radius 2 is 2.04 bits per heavy atom. The molecule has 0 aliphatic carbocycles. The first kappa shape index (κ1) is 18.2. The fourth-order valence-electron chi connectivity index (χ4n) is 2.66. The van der Waals surface area contributed by atoms with Gasteiger partial charge in [-0.2, -0.15) is 9.97 Å². The minimum atomic E-state index is -1.27. The van der Waals surface area contributed by atoms with Gasteiger partial charge in [0.1, 0.15) is 23.2 Å². The highest BCUT2D eigenvalue weighted by Crippen LogP contribution is 2.50. The molecule has 3 rings (SSSR count). The lowest BCUT2D eigenvalue weighted by atomic mass is 10.1. The number of rotatable bonds is 6. The first-order chi connectivity index (χ1) is 12.0. The molecule has 0 bridgehead atoms. The molecule has 2 aliphatic rings. The minimum Gasteiger partial charge on any atom is -0.477 e. The van der Waals surface area contributed by atoms with Crippen molar-refractivity contribution < 1.29 is 29.9 Å². The number of aromatic nitrogens is 2. The second kappa shape index (κ2) is 7.32. The van der Waals surface area contributed by atoms with Crippen LogP contribution in [0.1, 0.15) is 6.42 Å². The third-order valence-corrected chi connectivity index (χ3v) is 4.86. The van der Waals surface area contributed by atoms with Crippen LogP contribution in [0, 0.1) is 0 Å². The molecule has 0 aromatic carbocycles. The topological polar surface area (TPSA) is 154 Å². The normalized spacial score (nSPS) is 28.5. The van der Waals surface area contributed by atoms with Gasteiger partial charge in [0, 0.05) is 13.0 Å². The van der Waals surface area contributed by atoms with Gasteiger partial charge in [-0.05, 0) is 0 Å². The Hall–Kier alpha value is -1.63. The molecule has 1 fully saturated rings. The van der Waals surface area contributed by atoms with E-state index in [1.165, 1.54) is 16.7 Å². The molecule has 1 aromatic heterocycles. The predicted octanol–water partition coefficient (Wildman–Crippen LogP) is -1.36. The van der Waals surface area contributed by atoms with E-state index < -0.39 is 31.1 Å². The van der Waals surface area contributed by atoms with Gasteiger partial charge in [0.05, 0.1) is 18.2 Å². The largest absolute Gasteiger partial charge is 0.477 e. The van der Waals surface area contributed by atoms with E-state index in [0.717, 1.165) is 0 Å². The van der Waals surface area contributed by atoms with Crippen LogP contribution in [0.4, 0.5) is 11.8 Å². The van der Waals surface area contributed by atoms with E-state index >= 15 is 0 Å². The number of nitrogens with two attached hydrogens (primary N) is 1. The highest BCUT2D eigenvalue weighted by Gasteiger charge is 2.49. The maximum absolute atomic E-state index is 10.3. The van der Waals surface area contributed by atoms with Crippen LogP contribution < -0.4 is 15.4 Å². The molecule has 0 spiro atoms. The Kier molecular flexibility index (Phi) is 5.32. The molecule has 25 heavy (non-hydrogen) atoms. The maximum atomic E-state index is 10.3. The summed E-state index contributed by atoms with van der Waals surface area (Å²) in [4.78, 5) is 10.3. The van der Waals surface area contributed by atoms with Gasteiger partial charge in [0.25, 0.3) is 0 Å². The number of hydrogen-bond acceptors (Lipinski definition) is 11. The van der Waals surface area contributed by atoms with Crippen LogP contribution in [0.25, 0.3) is 0 Å². The SMILES string of the molecule is C=C1Sc2c(OCCCO)nc(N)nc2N1[C@@H]1O[C@H](CO)[C@@H](O)[C@H]1O. The number of nitrogens with zero attached hydrogens (tertiary/aromatic N) is 3. The standard InChI is InChI=1S/C14H20N4O6S/c1-6-18(13-9(22)8(21)7(5-20)24-13)11-10(25-6)12(17-14(15)16-11)23-4-2-3-19/h7-9,13,19-22H,1-5H2,(H2,15,16,17)/t7-,8-,9-,13-/m1/s1. The molecule has 4 atom stereocenters. The summed E-state index contributed by atoms with van der Waals surface area (Å²) in [5, 5.41) is 38.8. The van der Waals surface area contributed by atoms with E-state index in [9.17, 15) is 15.3 Å². The van der Waals surface area contributed by atoms with Crippen molar-refractivity contribution >= 4 is 23.5 Å². The molecule has 138 valence electrons. The summed E-state index contributed by atoms with van der Waals surface area (Å²) in [6.45, 7) is 3.72. The summed E-state index contributed by atoms with van der Waals surface area (Å²) < 4.78 is 11.1. The first-order valence-corrected chi connectivity index (χ1v) is 8.49. The van der Waals surface area contributed by atoms with Crippen molar-refractivity contribution in [2.24, 2.45) is 0 Å². The lowest BCUT2D eigenvalue weighted by Crippen LogP contribution is -2.42. The lowest BCUT2D eigenvalue weighted by Gasteiger charge is -2.27. The molecule has 0 saturated carbocycles. The number of aliphatic hydroxyl groups is 4. The molecule has 11 heteroatoms. The number of hydrogen-bond donors (Lipinski definition) is 5. The van der Waals surface area contributed by atoms with Crippen molar-refractivity contribution in [3.05, 3.63) is 11.6 Å². The maximum Gasteiger partial charge on any atom is 0.234 e. The molecule has 0 amide bonds. The fraction of sp³-hybridized carbons (Fsp3) is 0.571. The molecule has 1 saturated heterocycles. The summed E-state index contributed by atoms with van der Waals surface area (Å²) in [7, 11) is 0. The second-order valence-electron chi connectivity index (χ2n) is 5.56. The van der Waals surface area contributed by atoms with E-state index in [4.69, 9.17) is 20.3 Å².